The fraction of sp³-hybridized carbons (Fsp3) is 0.846. The molecule has 0 bridgehead atoms. The largest absolute Gasteiger partial charge is 0.459 e. The lowest BCUT2D eigenvalue weighted by Crippen LogP contribution is -2.32. The van der Waals surface area contributed by atoms with Gasteiger partial charge in [-0.3, -0.25) is 9.59 Å². The molecular formula is C13H22O4. The fourth-order valence-corrected chi connectivity index (χ4v) is 1.73. The highest BCUT2D eigenvalue weighted by atomic mass is 16.6. The number of carbonyl (C=O) groups is 2. The maximum atomic E-state index is 11.8. The summed E-state index contributed by atoms with van der Waals surface area (Å²) in [7, 11) is 0. The Hall–Kier alpha value is -0.900. The summed E-state index contributed by atoms with van der Waals surface area (Å²) in [4.78, 5) is 23.5. The van der Waals surface area contributed by atoms with Crippen LogP contribution >= 0.6 is 0 Å². The Balaban J connectivity index is 2.42. The Morgan fingerprint density at radius 1 is 1.41 bits per heavy atom. The molecule has 1 heterocycles. The van der Waals surface area contributed by atoms with Crippen LogP contribution in [0.5, 0.6) is 0 Å². The number of Topliss-reactive ketones (excluding diaryl/α,β-unsaturated/α-hetero) is 1. The summed E-state index contributed by atoms with van der Waals surface area (Å²) in [6.07, 6.45) is 2.22. The van der Waals surface area contributed by atoms with E-state index in [0.29, 0.717) is 6.42 Å². The third-order valence-corrected chi connectivity index (χ3v) is 2.70. The smallest absolute Gasteiger partial charge is 0.316 e. The van der Waals surface area contributed by atoms with Crippen LogP contribution in [-0.4, -0.2) is 30.1 Å². The second-order valence-electron chi connectivity index (χ2n) is 5.56. The Morgan fingerprint density at radius 2 is 2.06 bits per heavy atom. The molecule has 0 aromatic heterocycles. The number of esters is 1. The summed E-state index contributed by atoms with van der Waals surface area (Å²) in [5, 5.41) is 0. The van der Waals surface area contributed by atoms with Gasteiger partial charge in [-0.05, 0) is 40.5 Å². The standard InChI is InChI=1S/C13H22O4/c1-9(12(15)17-13(2,3)4)11(14)8-10-6-5-7-16-10/h9-10H,5-8H2,1-4H3. The van der Waals surface area contributed by atoms with Crippen LogP contribution in [0.4, 0.5) is 0 Å². The average molecular weight is 242 g/mol. The number of hydrogen-bond donors (Lipinski definition) is 0. The molecule has 98 valence electrons. The van der Waals surface area contributed by atoms with Gasteiger partial charge in [-0.25, -0.2) is 0 Å². The van der Waals surface area contributed by atoms with E-state index in [9.17, 15) is 9.59 Å². The van der Waals surface area contributed by atoms with Gasteiger partial charge in [0, 0.05) is 13.0 Å². The molecule has 0 N–H and O–H groups in total. The molecule has 1 aliphatic heterocycles. The summed E-state index contributed by atoms with van der Waals surface area (Å²) < 4.78 is 10.6. The predicted molar refractivity (Wildman–Crippen MR) is 63.6 cm³/mol. The molecule has 0 spiro atoms. The van der Waals surface area contributed by atoms with Crippen LogP contribution in [0.25, 0.3) is 0 Å². The van der Waals surface area contributed by atoms with Crippen molar-refractivity contribution < 1.29 is 19.1 Å². The number of ketones is 1. The summed E-state index contributed by atoms with van der Waals surface area (Å²) in [6, 6.07) is 0. The molecule has 2 unspecified atom stereocenters. The fourth-order valence-electron chi connectivity index (χ4n) is 1.73. The molecule has 4 heteroatoms. The minimum Gasteiger partial charge on any atom is -0.459 e. The van der Waals surface area contributed by atoms with Crippen molar-refractivity contribution in [1.82, 2.24) is 0 Å². The Morgan fingerprint density at radius 3 is 2.53 bits per heavy atom. The third-order valence-electron chi connectivity index (χ3n) is 2.70. The third kappa shape index (κ3) is 4.86. The first-order valence-corrected chi connectivity index (χ1v) is 6.17. The van der Waals surface area contributed by atoms with Gasteiger partial charge in [0.15, 0.2) is 0 Å². The molecule has 4 nitrogen and oxygen atoms in total. The van der Waals surface area contributed by atoms with Crippen molar-refractivity contribution in [3.8, 4) is 0 Å². The van der Waals surface area contributed by atoms with Crippen LogP contribution in [0.2, 0.25) is 0 Å². The van der Waals surface area contributed by atoms with E-state index in [1.165, 1.54) is 0 Å². The number of ether oxygens (including phenoxy) is 2. The van der Waals surface area contributed by atoms with E-state index in [-0.39, 0.29) is 11.9 Å². The predicted octanol–water partition coefficient (Wildman–Crippen LogP) is 2.10. The van der Waals surface area contributed by atoms with Crippen LogP contribution in [0.15, 0.2) is 0 Å². The molecule has 0 saturated carbocycles. The lowest BCUT2D eigenvalue weighted by atomic mass is 9.99. The van der Waals surface area contributed by atoms with Gasteiger partial charge >= 0.3 is 5.97 Å². The molecule has 0 amide bonds. The molecular weight excluding hydrogens is 220 g/mol. The molecule has 0 aromatic rings. The van der Waals surface area contributed by atoms with Crippen LogP contribution in [0.3, 0.4) is 0 Å². The second kappa shape index (κ2) is 5.63. The van der Waals surface area contributed by atoms with Gasteiger partial charge in [-0.1, -0.05) is 0 Å². The molecule has 2 atom stereocenters. The SMILES string of the molecule is CC(C(=O)CC1CCCO1)C(=O)OC(C)(C)C. The molecule has 1 saturated heterocycles. The van der Waals surface area contributed by atoms with Gasteiger partial charge in [-0.2, -0.15) is 0 Å². The Labute approximate surface area is 103 Å². The van der Waals surface area contributed by atoms with Crippen molar-refractivity contribution in [2.24, 2.45) is 5.92 Å². The van der Waals surface area contributed by atoms with E-state index < -0.39 is 17.5 Å². The van der Waals surface area contributed by atoms with Gasteiger partial charge in [0.05, 0.1) is 6.10 Å². The van der Waals surface area contributed by atoms with E-state index in [1.807, 2.05) is 0 Å². The van der Waals surface area contributed by atoms with E-state index in [4.69, 9.17) is 9.47 Å². The zero-order valence-corrected chi connectivity index (χ0v) is 11.1. The Kier molecular flexibility index (Phi) is 4.69. The lowest BCUT2D eigenvalue weighted by molar-refractivity contribution is -0.161. The van der Waals surface area contributed by atoms with Crippen LogP contribution in [0.1, 0.15) is 47.0 Å². The monoisotopic (exact) mass is 242 g/mol. The Bertz CT molecular complexity index is 284. The maximum absolute atomic E-state index is 11.8. The lowest BCUT2D eigenvalue weighted by Gasteiger charge is -2.22. The normalized spacial score (nSPS) is 22.2. The molecule has 1 aliphatic rings. The van der Waals surface area contributed by atoms with Crippen LogP contribution in [-0.2, 0) is 19.1 Å². The van der Waals surface area contributed by atoms with Crippen molar-refractivity contribution in [3.63, 3.8) is 0 Å². The highest BCUT2D eigenvalue weighted by molar-refractivity contribution is 5.98. The van der Waals surface area contributed by atoms with E-state index in [0.717, 1.165) is 19.4 Å². The summed E-state index contributed by atoms with van der Waals surface area (Å²) in [5.74, 6) is -1.23. The minimum atomic E-state index is -0.696. The first-order valence-electron chi connectivity index (χ1n) is 6.17. The van der Waals surface area contributed by atoms with E-state index in [2.05, 4.69) is 0 Å². The molecule has 1 rings (SSSR count). The summed E-state index contributed by atoms with van der Waals surface area (Å²) in [6.45, 7) is 7.71. The summed E-state index contributed by atoms with van der Waals surface area (Å²) >= 11 is 0. The van der Waals surface area contributed by atoms with Gasteiger partial charge in [0.1, 0.15) is 17.3 Å². The van der Waals surface area contributed by atoms with Crippen molar-refractivity contribution in [1.29, 1.82) is 0 Å². The van der Waals surface area contributed by atoms with Gasteiger partial charge in [-0.15, -0.1) is 0 Å². The molecule has 1 fully saturated rings. The molecule has 0 radical (unpaired) electrons. The second-order valence-corrected chi connectivity index (χ2v) is 5.56. The zero-order chi connectivity index (χ0) is 13.1. The van der Waals surface area contributed by atoms with Gasteiger partial charge in [0.2, 0.25) is 0 Å². The molecule has 0 aromatic carbocycles. The maximum Gasteiger partial charge on any atom is 0.316 e. The number of carbonyl (C=O) groups excluding carboxylic acids is 2. The van der Waals surface area contributed by atoms with Crippen molar-refractivity contribution >= 4 is 11.8 Å². The van der Waals surface area contributed by atoms with E-state index >= 15 is 0 Å². The summed E-state index contributed by atoms with van der Waals surface area (Å²) in [5.41, 5.74) is -0.546. The molecule has 17 heavy (non-hydrogen) atoms. The average Bonchev–Trinajstić information content (AvgIpc) is 2.66. The molecule has 0 aliphatic carbocycles. The van der Waals surface area contributed by atoms with Crippen LogP contribution in [0, 0.1) is 5.92 Å². The van der Waals surface area contributed by atoms with Crippen LogP contribution < -0.4 is 0 Å². The zero-order valence-electron chi connectivity index (χ0n) is 11.1. The highest BCUT2D eigenvalue weighted by Gasteiger charge is 2.29. The highest BCUT2D eigenvalue weighted by Crippen LogP contribution is 2.19. The topological polar surface area (TPSA) is 52.6 Å². The first-order chi connectivity index (χ1) is 7.79. The van der Waals surface area contributed by atoms with E-state index in [1.54, 1.807) is 27.7 Å². The first kappa shape index (κ1) is 14.2. The minimum absolute atomic E-state index is 0.00705. The number of rotatable bonds is 4. The van der Waals surface area contributed by atoms with Gasteiger partial charge in [0.25, 0.3) is 0 Å². The van der Waals surface area contributed by atoms with Crippen molar-refractivity contribution in [2.45, 2.75) is 58.7 Å². The quantitative estimate of drug-likeness (QED) is 0.559. The number of hydrogen-bond acceptors (Lipinski definition) is 4. The van der Waals surface area contributed by atoms with Crippen molar-refractivity contribution in [3.05, 3.63) is 0 Å². The van der Waals surface area contributed by atoms with Gasteiger partial charge < -0.3 is 9.47 Å². The van der Waals surface area contributed by atoms with Crippen molar-refractivity contribution in [2.75, 3.05) is 6.61 Å².